The van der Waals surface area contributed by atoms with Gasteiger partial charge in [-0.15, -0.1) is 32.9 Å². The van der Waals surface area contributed by atoms with Gasteiger partial charge in [-0.1, -0.05) is 49.5 Å². The SMILES string of the molecule is C=CC1CCCOC1=O.C=CCC1CCCCC1=O.C=CCCC(=O)OCC1CO1.C=CCCC(=O)OCCC1CO1.C=CCOC(=O)C1(C)COC(=O)OC1.C=CCOCC1CO1. The van der Waals surface area contributed by atoms with Crippen molar-refractivity contribution in [2.45, 2.75) is 102 Å². The van der Waals surface area contributed by atoms with Gasteiger partial charge < -0.3 is 47.4 Å². The summed E-state index contributed by atoms with van der Waals surface area (Å²) in [5.41, 5.74) is -0.906. The average molecular weight is 905 g/mol. The number of esters is 4. The predicted octanol–water partition coefficient (Wildman–Crippen LogP) is 7.10. The van der Waals surface area contributed by atoms with Crippen LogP contribution in [-0.2, 0) is 71.3 Å². The van der Waals surface area contributed by atoms with Gasteiger partial charge >= 0.3 is 30.0 Å². The van der Waals surface area contributed by atoms with Crippen molar-refractivity contribution >= 4 is 35.8 Å². The molecule has 1 saturated carbocycles. The summed E-state index contributed by atoms with van der Waals surface area (Å²) in [5.74, 6) is -0.159. The monoisotopic (exact) mass is 904 g/mol. The maximum absolute atomic E-state index is 11.4. The normalized spacial score (nSPS) is 22.6. The number of Topliss-reactive ketones (excluding diaryl/α,β-unsaturated/α-hetero) is 1. The molecule has 6 aliphatic rings. The molecular weight excluding hydrogens is 833 g/mol. The molecule has 5 aliphatic heterocycles. The molecule has 0 aromatic heterocycles. The maximum Gasteiger partial charge on any atom is 0.508 e. The zero-order chi connectivity index (χ0) is 47.4. The van der Waals surface area contributed by atoms with Gasteiger partial charge in [0.1, 0.15) is 49.8 Å². The van der Waals surface area contributed by atoms with Gasteiger partial charge in [-0.25, -0.2) is 4.79 Å². The number of carbonyl (C=O) groups excluding carboxylic acids is 6. The smallest absolute Gasteiger partial charge is 0.466 e. The van der Waals surface area contributed by atoms with Crippen LogP contribution < -0.4 is 0 Å². The van der Waals surface area contributed by atoms with Gasteiger partial charge in [0.25, 0.3) is 0 Å². The summed E-state index contributed by atoms with van der Waals surface area (Å²) in [6, 6.07) is 0. The molecule has 64 heavy (non-hydrogen) atoms. The van der Waals surface area contributed by atoms with Crippen LogP contribution in [0.25, 0.3) is 0 Å². The summed E-state index contributed by atoms with van der Waals surface area (Å²) in [6.45, 7) is 28.1. The summed E-state index contributed by atoms with van der Waals surface area (Å²) in [7, 11) is 0. The number of carbonyl (C=O) groups is 6. The van der Waals surface area contributed by atoms with Crippen LogP contribution in [0, 0.1) is 17.3 Å². The lowest BCUT2D eigenvalue weighted by molar-refractivity contribution is -0.164. The van der Waals surface area contributed by atoms with Gasteiger partial charge in [-0.3, -0.25) is 24.0 Å². The lowest BCUT2D eigenvalue weighted by Gasteiger charge is -2.29. The molecule has 1 aliphatic carbocycles. The van der Waals surface area contributed by atoms with Crippen molar-refractivity contribution in [1.29, 1.82) is 0 Å². The van der Waals surface area contributed by atoms with E-state index in [-0.39, 0.29) is 49.8 Å². The van der Waals surface area contributed by atoms with Gasteiger partial charge in [-0.05, 0) is 51.9 Å². The lowest BCUT2D eigenvalue weighted by Crippen LogP contribution is -2.44. The fourth-order valence-electron chi connectivity index (χ4n) is 5.29. The van der Waals surface area contributed by atoms with Crippen molar-refractivity contribution in [2.75, 3.05) is 72.7 Å². The van der Waals surface area contributed by atoms with Crippen LogP contribution in [0.15, 0.2) is 75.9 Å². The Labute approximate surface area is 379 Å². The first-order chi connectivity index (χ1) is 30.9. The molecule has 5 saturated heterocycles. The Morgan fingerprint density at radius 1 is 0.688 bits per heavy atom. The van der Waals surface area contributed by atoms with E-state index < -0.39 is 17.5 Å². The second-order valence-corrected chi connectivity index (χ2v) is 15.4. The van der Waals surface area contributed by atoms with E-state index >= 15 is 0 Å². The zero-order valence-corrected chi connectivity index (χ0v) is 37.9. The number of rotatable bonds is 21. The number of allylic oxidation sites excluding steroid dienone is 3. The Bertz CT molecular complexity index is 1450. The van der Waals surface area contributed by atoms with Crippen LogP contribution >= 0.6 is 0 Å². The third kappa shape index (κ3) is 30.2. The fourth-order valence-corrected chi connectivity index (χ4v) is 5.29. The summed E-state index contributed by atoms with van der Waals surface area (Å²) < 4.78 is 48.4. The van der Waals surface area contributed by atoms with Crippen molar-refractivity contribution < 1.29 is 76.1 Å². The van der Waals surface area contributed by atoms with E-state index in [0.29, 0.717) is 76.0 Å². The minimum atomic E-state index is -0.906. The second-order valence-electron chi connectivity index (χ2n) is 15.4. The van der Waals surface area contributed by atoms with E-state index in [1.165, 1.54) is 12.5 Å². The molecule has 6 fully saturated rings. The number of hydrogen-bond donors (Lipinski definition) is 0. The third-order valence-corrected chi connectivity index (χ3v) is 9.45. The van der Waals surface area contributed by atoms with Crippen LogP contribution in [0.2, 0.25) is 0 Å². The molecule has 0 radical (unpaired) electrons. The van der Waals surface area contributed by atoms with Gasteiger partial charge in [0, 0.05) is 31.6 Å². The molecule has 0 aromatic carbocycles. The van der Waals surface area contributed by atoms with Crippen molar-refractivity contribution in [2.24, 2.45) is 17.3 Å². The van der Waals surface area contributed by atoms with Gasteiger partial charge in [0.15, 0.2) is 0 Å². The molecule has 0 amide bonds. The first-order valence-electron chi connectivity index (χ1n) is 21.9. The molecule has 0 aromatic rings. The van der Waals surface area contributed by atoms with Crippen molar-refractivity contribution in [3.8, 4) is 0 Å². The Morgan fingerprint density at radius 2 is 1.28 bits per heavy atom. The minimum absolute atomic E-state index is 0.0121. The Morgan fingerprint density at radius 3 is 1.78 bits per heavy atom. The molecule has 6 rings (SSSR count). The maximum atomic E-state index is 11.4. The Balaban J connectivity index is 0.000000387. The highest BCUT2D eigenvalue weighted by atomic mass is 16.7. The standard InChI is InChI=1S/C9H12O5.C9H14O3.C9H14O.C8H12O3.C7H10O2.C6H10O2/c1-3-4-12-7(10)9(2)5-13-8(11)14-6-9;1-2-3-4-9(10)11-6-5-8-7-12-8;1-2-5-8-6-3-4-7-9(8)10;1-2-3-4-8(9)11-6-7-5-10-7;1-2-6-4-3-5-9-7(6)8;1-2-3-7-4-6-5-8-6/h3H,1,4-6H2,2H3;2,8H,1,3-7H2;2,8H,1,3-7H2;2,7H,1,3-6H2;2,6H,1,3-5H2;2,6H,1,3-5H2. The van der Waals surface area contributed by atoms with Crippen molar-refractivity contribution in [3.05, 3.63) is 75.9 Å². The molecule has 0 N–H and O–H groups in total. The van der Waals surface area contributed by atoms with Gasteiger partial charge in [0.2, 0.25) is 0 Å². The highest BCUT2D eigenvalue weighted by molar-refractivity contribution is 5.81. The van der Waals surface area contributed by atoms with Crippen molar-refractivity contribution in [3.63, 3.8) is 0 Å². The average Bonchev–Trinajstić information content (AvgIpc) is 4.14. The van der Waals surface area contributed by atoms with Crippen LogP contribution in [0.3, 0.4) is 0 Å². The third-order valence-electron chi connectivity index (χ3n) is 9.45. The van der Waals surface area contributed by atoms with E-state index in [1.54, 1.807) is 31.2 Å². The van der Waals surface area contributed by atoms with Gasteiger partial charge in [-0.2, -0.15) is 0 Å². The second kappa shape index (κ2) is 35.4. The molecule has 360 valence electrons. The molecule has 5 atom stereocenters. The first kappa shape index (κ1) is 57.1. The number of ketones is 1. The van der Waals surface area contributed by atoms with Crippen molar-refractivity contribution in [1.82, 2.24) is 0 Å². The van der Waals surface area contributed by atoms with Crippen LogP contribution in [0.4, 0.5) is 4.79 Å². The van der Waals surface area contributed by atoms with Crippen LogP contribution in [0.1, 0.15) is 84.0 Å². The van der Waals surface area contributed by atoms with Crippen LogP contribution in [0.5, 0.6) is 0 Å². The number of epoxide rings is 3. The Kier molecular flexibility index (Phi) is 31.6. The van der Waals surface area contributed by atoms with E-state index in [2.05, 4.69) is 48.9 Å². The highest BCUT2D eigenvalue weighted by Crippen LogP contribution is 2.24. The highest BCUT2D eigenvalue weighted by Gasteiger charge is 2.41. The molecule has 0 spiro atoms. The van der Waals surface area contributed by atoms with Gasteiger partial charge in [0.05, 0.1) is 58.3 Å². The molecule has 0 bridgehead atoms. The molecule has 16 nitrogen and oxygen atoms in total. The van der Waals surface area contributed by atoms with E-state index in [0.717, 1.165) is 71.4 Å². The van der Waals surface area contributed by atoms with Crippen LogP contribution in [-0.4, -0.2) is 127 Å². The predicted molar refractivity (Wildman–Crippen MR) is 238 cm³/mol. The lowest BCUT2D eigenvalue weighted by atomic mass is 9.86. The summed E-state index contributed by atoms with van der Waals surface area (Å²) in [5, 5.41) is 0. The zero-order valence-electron chi connectivity index (χ0n) is 37.9. The Hall–Kier alpha value is -4.90. The largest absolute Gasteiger partial charge is 0.508 e. The minimum Gasteiger partial charge on any atom is -0.466 e. The van der Waals surface area contributed by atoms with E-state index in [4.69, 9.17) is 37.9 Å². The quantitative estimate of drug-likeness (QED) is 0.0370. The summed E-state index contributed by atoms with van der Waals surface area (Å²) >= 11 is 0. The fraction of sp³-hybridized carbons (Fsp3) is 0.625. The molecule has 5 unspecified atom stereocenters. The topological polar surface area (TPSA) is 205 Å². The molecular formula is C48H72O16. The summed E-state index contributed by atoms with van der Waals surface area (Å²) in [6.07, 6.45) is 20.3. The number of hydrogen-bond acceptors (Lipinski definition) is 16. The molecule has 5 heterocycles. The first-order valence-corrected chi connectivity index (χ1v) is 21.9. The van der Waals surface area contributed by atoms with E-state index in [9.17, 15) is 28.8 Å². The van der Waals surface area contributed by atoms with E-state index in [1.807, 2.05) is 6.08 Å². The summed E-state index contributed by atoms with van der Waals surface area (Å²) in [4.78, 5) is 65.6. The number of cyclic esters (lactones) is 3. The molecule has 16 heteroatoms. The number of ether oxygens (including phenoxy) is 10.